The number of fused-ring (bicyclic) bond motifs is 1. The Morgan fingerprint density at radius 3 is 2.45 bits per heavy atom. The molecule has 3 rings (SSSR count). The highest BCUT2D eigenvalue weighted by atomic mass is 19.1. The third-order valence-corrected chi connectivity index (χ3v) is 4.20. The van der Waals surface area contributed by atoms with Gasteiger partial charge in [0, 0.05) is 17.3 Å². The number of hydrogen-bond acceptors (Lipinski definition) is 0. The molecule has 0 radical (unpaired) electrons. The molecule has 22 heavy (non-hydrogen) atoms. The van der Waals surface area contributed by atoms with E-state index >= 15 is 0 Å². The van der Waals surface area contributed by atoms with Crippen molar-refractivity contribution in [3.8, 4) is 5.69 Å². The van der Waals surface area contributed by atoms with Crippen LogP contribution in [0.15, 0.2) is 54.7 Å². The van der Waals surface area contributed by atoms with Crippen LogP contribution in [0.4, 0.5) is 4.39 Å². The molecule has 0 atom stereocenters. The summed E-state index contributed by atoms with van der Waals surface area (Å²) in [6.45, 7) is 2.24. The zero-order valence-corrected chi connectivity index (χ0v) is 13.1. The van der Waals surface area contributed by atoms with E-state index in [9.17, 15) is 4.39 Å². The van der Waals surface area contributed by atoms with Gasteiger partial charge in [0.15, 0.2) is 0 Å². The molecule has 1 aromatic heterocycles. The van der Waals surface area contributed by atoms with Gasteiger partial charge < -0.3 is 4.57 Å². The first-order chi connectivity index (χ1) is 10.8. The molecule has 2 aromatic carbocycles. The van der Waals surface area contributed by atoms with Crippen LogP contribution in [-0.2, 0) is 6.42 Å². The van der Waals surface area contributed by atoms with Gasteiger partial charge in [-0.2, -0.15) is 0 Å². The molecule has 0 spiro atoms. The van der Waals surface area contributed by atoms with Crippen molar-refractivity contribution in [2.75, 3.05) is 0 Å². The summed E-state index contributed by atoms with van der Waals surface area (Å²) in [5.41, 5.74) is 3.59. The molecular weight excluding hydrogens is 273 g/mol. The van der Waals surface area contributed by atoms with Gasteiger partial charge in [0.1, 0.15) is 5.82 Å². The fourth-order valence-electron chi connectivity index (χ4n) is 3.01. The molecule has 0 amide bonds. The van der Waals surface area contributed by atoms with Gasteiger partial charge in [0.2, 0.25) is 0 Å². The van der Waals surface area contributed by atoms with Crippen molar-refractivity contribution in [2.24, 2.45) is 0 Å². The first-order valence-corrected chi connectivity index (χ1v) is 8.14. The second kappa shape index (κ2) is 6.78. The normalized spacial score (nSPS) is 11.2. The van der Waals surface area contributed by atoms with Crippen LogP contribution in [0, 0.1) is 5.82 Å². The second-order valence-electron chi connectivity index (χ2n) is 5.83. The molecule has 0 unspecified atom stereocenters. The molecule has 0 saturated carbocycles. The van der Waals surface area contributed by atoms with Crippen molar-refractivity contribution in [1.29, 1.82) is 0 Å². The maximum absolute atomic E-state index is 13.2. The zero-order valence-electron chi connectivity index (χ0n) is 13.1. The van der Waals surface area contributed by atoms with Gasteiger partial charge in [-0.3, -0.25) is 0 Å². The largest absolute Gasteiger partial charge is 0.316 e. The molecule has 0 aliphatic carbocycles. The van der Waals surface area contributed by atoms with Gasteiger partial charge in [-0.25, -0.2) is 4.39 Å². The summed E-state index contributed by atoms with van der Waals surface area (Å²) < 4.78 is 15.3. The minimum Gasteiger partial charge on any atom is -0.316 e. The highest BCUT2D eigenvalue weighted by Crippen LogP contribution is 2.26. The maximum Gasteiger partial charge on any atom is 0.123 e. The summed E-state index contributed by atoms with van der Waals surface area (Å²) >= 11 is 0. The number of aryl methyl sites for hydroxylation is 1. The van der Waals surface area contributed by atoms with Gasteiger partial charge >= 0.3 is 0 Å². The van der Waals surface area contributed by atoms with Crippen molar-refractivity contribution in [2.45, 2.75) is 39.0 Å². The minimum absolute atomic E-state index is 0.194. The number of unbranched alkanes of at least 4 members (excludes halogenated alkanes) is 3. The summed E-state index contributed by atoms with van der Waals surface area (Å²) in [7, 11) is 0. The molecule has 0 saturated heterocycles. The van der Waals surface area contributed by atoms with E-state index < -0.39 is 0 Å². The van der Waals surface area contributed by atoms with E-state index in [-0.39, 0.29) is 5.82 Å². The topological polar surface area (TPSA) is 4.93 Å². The van der Waals surface area contributed by atoms with E-state index in [1.807, 2.05) is 12.1 Å². The zero-order chi connectivity index (χ0) is 15.4. The summed E-state index contributed by atoms with van der Waals surface area (Å²) in [6, 6.07) is 15.2. The van der Waals surface area contributed by atoms with Crippen LogP contribution in [-0.4, -0.2) is 4.57 Å². The van der Waals surface area contributed by atoms with Crippen molar-refractivity contribution in [3.05, 3.63) is 66.1 Å². The average Bonchev–Trinajstić information content (AvgIpc) is 2.91. The predicted molar refractivity (Wildman–Crippen MR) is 91.1 cm³/mol. The van der Waals surface area contributed by atoms with E-state index in [4.69, 9.17) is 0 Å². The Kier molecular flexibility index (Phi) is 4.57. The molecule has 0 bridgehead atoms. The van der Waals surface area contributed by atoms with Crippen LogP contribution < -0.4 is 0 Å². The van der Waals surface area contributed by atoms with E-state index in [1.165, 1.54) is 54.3 Å². The lowest BCUT2D eigenvalue weighted by Gasteiger charge is -2.04. The molecule has 1 nitrogen and oxygen atoms in total. The Bertz CT molecular complexity index is 740. The Hall–Kier alpha value is -2.09. The first kappa shape index (κ1) is 14.8. The van der Waals surface area contributed by atoms with Crippen LogP contribution in [0.1, 0.15) is 38.2 Å². The summed E-state index contributed by atoms with van der Waals surface area (Å²) in [4.78, 5) is 0. The smallest absolute Gasteiger partial charge is 0.123 e. The number of aromatic nitrogens is 1. The summed E-state index contributed by atoms with van der Waals surface area (Å²) in [6.07, 6.45) is 8.39. The standard InChI is InChI=1S/C20H22FN/c1-2-3-4-5-8-16-15-22(18-13-11-17(21)12-14-18)20-10-7-6-9-19(16)20/h6-7,9-15H,2-5,8H2,1H3. The van der Waals surface area contributed by atoms with Crippen LogP contribution in [0.2, 0.25) is 0 Å². The van der Waals surface area contributed by atoms with E-state index in [1.54, 1.807) is 0 Å². The lowest BCUT2D eigenvalue weighted by atomic mass is 10.1. The van der Waals surface area contributed by atoms with Crippen molar-refractivity contribution < 1.29 is 4.39 Å². The molecule has 114 valence electrons. The number of nitrogens with zero attached hydrogens (tertiary/aromatic N) is 1. The van der Waals surface area contributed by atoms with E-state index in [0.29, 0.717) is 0 Å². The van der Waals surface area contributed by atoms with Gasteiger partial charge in [0.25, 0.3) is 0 Å². The highest BCUT2D eigenvalue weighted by molar-refractivity contribution is 5.85. The van der Waals surface area contributed by atoms with Crippen molar-refractivity contribution >= 4 is 10.9 Å². The Morgan fingerprint density at radius 2 is 1.68 bits per heavy atom. The fraction of sp³-hybridized carbons (Fsp3) is 0.300. The number of hydrogen-bond donors (Lipinski definition) is 0. The average molecular weight is 295 g/mol. The van der Waals surface area contributed by atoms with Crippen LogP contribution in [0.25, 0.3) is 16.6 Å². The van der Waals surface area contributed by atoms with Crippen molar-refractivity contribution in [1.82, 2.24) is 4.57 Å². The van der Waals surface area contributed by atoms with E-state index in [0.717, 1.165) is 12.1 Å². The Balaban J connectivity index is 1.95. The Labute approximate surface area is 131 Å². The predicted octanol–water partition coefficient (Wildman–Crippen LogP) is 5.89. The van der Waals surface area contributed by atoms with Crippen molar-refractivity contribution in [3.63, 3.8) is 0 Å². The monoisotopic (exact) mass is 295 g/mol. The fourth-order valence-corrected chi connectivity index (χ4v) is 3.01. The molecular formula is C20H22FN. The molecule has 3 aromatic rings. The molecule has 0 aliphatic heterocycles. The van der Waals surface area contributed by atoms with Gasteiger partial charge in [-0.05, 0) is 48.7 Å². The number of rotatable bonds is 6. The summed E-state index contributed by atoms with van der Waals surface area (Å²) in [5, 5.41) is 1.31. The highest BCUT2D eigenvalue weighted by Gasteiger charge is 2.09. The summed E-state index contributed by atoms with van der Waals surface area (Å²) in [5.74, 6) is -0.194. The lowest BCUT2D eigenvalue weighted by molar-refractivity contribution is 0.627. The third-order valence-electron chi connectivity index (χ3n) is 4.20. The quantitative estimate of drug-likeness (QED) is 0.499. The third kappa shape index (κ3) is 3.06. The van der Waals surface area contributed by atoms with Gasteiger partial charge in [-0.15, -0.1) is 0 Å². The molecule has 0 N–H and O–H groups in total. The minimum atomic E-state index is -0.194. The molecule has 2 heteroatoms. The Morgan fingerprint density at radius 1 is 0.909 bits per heavy atom. The first-order valence-electron chi connectivity index (χ1n) is 8.14. The van der Waals surface area contributed by atoms with Crippen LogP contribution >= 0.6 is 0 Å². The van der Waals surface area contributed by atoms with Gasteiger partial charge in [-0.1, -0.05) is 44.4 Å². The SMILES string of the molecule is CCCCCCc1cn(-c2ccc(F)cc2)c2ccccc12. The second-order valence-corrected chi connectivity index (χ2v) is 5.83. The van der Waals surface area contributed by atoms with Crippen LogP contribution in [0.3, 0.4) is 0 Å². The number of halogens is 1. The van der Waals surface area contributed by atoms with Gasteiger partial charge in [0.05, 0.1) is 5.52 Å². The lowest BCUT2D eigenvalue weighted by Crippen LogP contribution is -1.91. The molecule has 0 fully saturated rings. The van der Waals surface area contributed by atoms with E-state index in [2.05, 4.69) is 42.0 Å². The molecule has 0 aliphatic rings. The number of para-hydroxylation sites is 1. The molecule has 1 heterocycles. The number of benzene rings is 2. The van der Waals surface area contributed by atoms with Crippen LogP contribution in [0.5, 0.6) is 0 Å². The maximum atomic E-state index is 13.2.